The van der Waals surface area contributed by atoms with E-state index in [1.807, 2.05) is 59.5 Å². The Kier molecular flexibility index (Phi) is 6.09. The van der Waals surface area contributed by atoms with Gasteiger partial charge in [0.1, 0.15) is 13.2 Å². The minimum Gasteiger partial charge on any atom is -0.449 e. The molecule has 0 radical (unpaired) electrons. The number of ether oxygens (including phenoxy) is 2. The molecule has 2 amide bonds. The molecule has 2 heterocycles. The largest absolute Gasteiger partial charge is 0.449 e. The molecule has 0 spiro atoms. The second-order valence-corrected chi connectivity index (χ2v) is 9.97. The highest BCUT2D eigenvalue weighted by Gasteiger charge is 2.44. The minimum absolute atomic E-state index is 0.00340. The summed E-state index contributed by atoms with van der Waals surface area (Å²) in [6.45, 7) is 0.578. The second kappa shape index (κ2) is 9.69. The SMILES string of the molecule is O=C(NC1CC2CCC(C1)N2C(=O)OCc1ccccc1)OCC1c2ccccc2-c2ccccc21. The molecule has 6 heteroatoms. The van der Waals surface area contributed by atoms with Crippen LogP contribution in [-0.4, -0.2) is 41.8 Å². The molecule has 2 atom stereocenters. The molecule has 0 saturated carbocycles. The molecule has 36 heavy (non-hydrogen) atoms. The van der Waals surface area contributed by atoms with Gasteiger partial charge >= 0.3 is 12.2 Å². The van der Waals surface area contributed by atoms with E-state index in [2.05, 4.69) is 29.6 Å². The van der Waals surface area contributed by atoms with Gasteiger partial charge in [0.15, 0.2) is 0 Å². The summed E-state index contributed by atoms with van der Waals surface area (Å²) >= 11 is 0. The Labute approximate surface area is 211 Å². The number of hydrogen-bond acceptors (Lipinski definition) is 4. The van der Waals surface area contributed by atoms with E-state index in [1.54, 1.807) is 0 Å². The van der Waals surface area contributed by atoms with Gasteiger partial charge in [-0.05, 0) is 53.5 Å². The Hall–Kier alpha value is -3.80. The average molecular weight is 483 g/mol. The predicted octanol–water partition coefficient (Wildman–Crippen LogP) is 5.86. The summed E-state index contributed by atoms with van der Waals surface area (Å²) in [6.07, 6.45) is 2.68. The van der Waals surface area contributed by atoms with Crippen LogP contribution in [0.1, 0.15) is 48.3 Å². The molecule has 6 rings (SSSR count). The standard InChI is InChI=1S/C30H30N2O4/c33-29(35-19-28-26-12-6-4-10-24(26)25-11-5-7-13-27(25)28)31-21-16-22-14-15-23(17-21)32(22)30(34)36-18-20-8-2-1-3-9-20/h1-13,21-23,28H,14-19H2,(H,31,33). The molecule has 2 unspecified atom stereocenters. The van der Waals surface area contributed by atoms with Gasteiger partial charge in [0, 0.05) is 24.0 Å². The fourth-order valence-electron chi connectivity index (χ4n) is 6.19. The molecule has 3 aliphatic rings. The molecule has 1 aliphatic carbocycles. The topological polar surface area (TPSA) is 67.9 Å². The first-order valence-electron chi connectivity index (χ1n) is 12.8. The monoisotopic (exact) mass is 482 g/mol. The van der Waals surface area contributed by atoms with Gasteiger partial charge in [-0.2, -0.15) is 0 Å². The molecule has 184 valence electrons. The van der Waals surface area contributed by atoms with Gasteiger partial charge in [-0.3, -0.25) is 0 Å². The molecule has 2 fully saturated rings. The number of nitrogens with one attached hydrogen (secondary N) is 1. The number of hydrogen-bond donors (Lipinski definition) is 1. The smallest absolute Gasteiger partial charge is 0.410 e. The third-order valence-electron chi connectivity index (χ3n) is 7.81. The van der Waals surface area contributed by atoms with Crippen molar-refractivity contribution in [3.05, 3.63) is 95.6 Å². The molecule has 3 aromatic rings. The maximum absolute atomic E-state index is 12.8. The third-order valence-corrected chi connectivity index (χ3v) is 7.81. The van der Waals surface area contributed by atoms with E-state index in [9.17, 15) is 9.59 Å². The van der Waals surface area contributed by atoms with E-state index in [0.717, 1.165) is 31.2 Å². The molecule has 2 aliphatic heterocycles. The quantitative estimate of drug-likeness (QED) is 0.495. The number of carbonyl (C=O) groups is 2. The minimum atomic E-state index is -0.388. The molecule has 0 aromatic heterocycles. The van der Waals surface area contributed by atoms with Crippen LogP contribution < -0.4 is 5.32 Å². The van der Waals surface area contributed by atoms with Gasteiger partial charge in [0.25, 0.3) is 0 Å². The first-order valence-corrected chi connectivity index (χ1v) is 12.8. The number of benzene rings is 3. The summed E-state index contributed by atoms with van der Waals surface area (Å²) in [5.41, 5.74) is 5.80. The Morgan fingerprint density at radius 2 is 1.36 bits per heavy atom. The zero-order valence-corrected chi connectivity index (χ0v) is 20.1. The number of alkyl carbamates (subject to hydrolysis) is 1. The average Bonchev–Trinajstić information content (AvgIpc) is 3.38. The van der Waals surface area contributed by atoms with Crippen LogP contribution in [0.25, 0.3) is 11.1 Å². The fourth-order valence-corrected chi connectivity index (χ4v) is 6.19. The van der Waals surface area contributed by atoms with E-state index in [4.69, 9.17) is 9.47 Å². The summed E-state index contributed by atoms with van der Waals surface area (Å²) in [5.74, 6) is 0.0422. The Morgan fingerprint density at radius 1 is 0.778 bits per heavy atom. The predicted molar refractivity (Wildman–Crippen MR) is 137 cm³/mol. The van der Waals surface area contributed by atoms with E-state index >= 15 is 0 Å². The lowest BCUT2D eigenvalue weighted by molar-refractivity contribution is 0.0571. The number of fused-ring (bicyclic) bond motifs is 5. The number of carbonyl (C=O) groups excluding carboxylic acids is 2. The van der Waals surface area contributed by atoms with Crippen molar-refractivity contribution in [1.82, 2.24) is 10.2 Å². The normalized spacial score (nSPS) is 22.0. The third kappa shape index (κ3) is 4.32. The summed E-state index contributed by atoms with van der Waals surface area (Å²) in [4.78, 5) is 27.5. The summed E-state index contributed by atoms with van der Waals surface area (Å²) in [6, 6.07) is 26.5. The number of rotatable bonds is 5. The molecule has 1 N–H and O–H groups in total. The second-order valence-electron chi connectivity index (χ2n) is 9.97. The molecular weight excluding hydrogens is 452 g/mol. The van der Waals surface area contributed by atoms with Crippen LogP contribution in [0.15, 0.2) is 78.9 Å². The fraction of sp³-hybridized carbons (Fsp3) is 0.333. The first kappa shape index (κ1) is 22.7. The number of nitrogens with zero attached hydrogens (tertiary/aromatic N) is 1. The maximum Gasteiger partial charge on any atom is 0.410 e. The molecule has 6 nitrogen and oxygen atoms in total. The lowest BCUT2D eigenvalue weighted by Gasteiger charge is -2.38. The van der Waals surface area contributed by atoms with Crippen molar-refractivity contribution in [3.63, 3.8) is 0 Å². The number of amides is 2. The number of piperidine rings is 1. The summed E-state index contributed by atoms with van der Waals surface area (Å²) < 4.78 is 11.3. The van der Waals surface area contributed by atoms with Gasteiger partial charge < -0.3 is 19.7 Å². The van der Waals surface area contributed by atoms with Crippen molar-refractivity contribution in [2.45, 2.75) is 56.3 Å². The van der Waals surface area contributed by atoms with E-state index in [1.165, 1.54) is 22.3 Å². The van der Waals surface area contributed by atoms with Crippen LogP contribution in [0.4, 0.5) is 9.59 Å². The first-order chi connectivity index (χ1) is 17.7. The maximum atomic E-state index is 12.8. The molecule has 2 bridgehead atoms. The highest BCUT2D eigenvalue weighted by Crippen LogP contribution is 2.44. The van der Waals surface area contributed by atoms with Gasteiger partial charge in [-0.25, -0.2) is 9.59 Å². The zero-order chi connectivity index (χ0) is 24.5. The van der Waals surface area contributed by atoms with Crippen LogP contribution in [0.3, 0.4) is 0 Å². The molecular formula is C30H30N2O4. The van der Waals surface area contributed by atoms with Crippen LogP contribution in [0, 0.1) is 0 Å². The summed E-state index contributed by atoms with van der Waals surface area (Å²) in [5, 5.41) is 3.07. The lowest BCUT2D eigenvalue weighted by Crippen LogP contribution is -2.52. The van der Waals surface area contributed by atoms with Crippen molar-refractivity contribution >= 4 is 12.2 Å². The van der Waals surface area contributed by atoms with Crippen molar-refractivity contribution in [2.24, 2.45) is 0 Å². The van der Waals surface area contributed by atoms with Crippen molar-refractivity contribution < 1.29 is 19.1 Å². The van der Waals surface area contributed by atoms with Crippen LogP contribution in [0.5, 0.6) is 0 Å². The van der Waals surface area contributed by atoms with E-state index < -0.39 is 0 Å². The summed E-state index contributed by atoms with van der Waals surface area (Å²) in [7, 11) is 0. The Bertz CT molecular complexity index is 1200. The van der Waals surface area contributed by atoms with Crippen LogP contribution in [-0.2, 0) is 16.1 Å². The van der Waals surface area contributed by atoms with E-state index in [0.29, 0.717) is 6.61 Å². The van der Waals surface area contributed by atoms with Crippen LogP contribution in [0.2, 0.25) is 0 Å². The van der Waals surface area contributed by atoms with Crippen molar-refractivity contribution in [1.29, 1.82) is 0 Å². The Morgan fingerprint density at radius 3 is 2.00 bits per heavy atom. The molecule has 2 saturated heterocycles. The Balaban J connectivity index is 1.03. The highest BCUT2D eigenvalue weighted by atomic mass is 16.6. The van der Waals surface area contributed by atoms with Crippen molar-refractivity contribution in [2.75, 3.05) is 6.61 Å². The van der Waals surface area contributed by atoms with Crippen LogP contribution >= 0.6 is 0 Å². The van der Waals surface area contributed by atoms with Crippen molar-refractivity contribution in [3.8, 4) is 11.1 Å². The van der Waals surface area contributed by atoms with Gasteiger partial charge in [0.2, 0.25) is 0 Å². The zero-order valence-electron chi connectivity index (χ0n) is 20.1. The lowest BCUT2D eigenvalue weighted by atomic mass is 9.98. The van der Waals surface area contributed by atoms with Gasteiger partial charge in [-0.1, -0.05) is 78.9 Å². The highest BCUT2D eigenvalue weighted by molar-refractivity contribution is 5.79. The van der Waals surface area contributed by atoms with Gasteiger partial charge in [0.05, 0.1) is 0 Å². The van der Waals surface area contributed by atoms with Gasteiger partial charge in [-0.15, -0.1) is 0 Å². The van der Waals surface area contributed by atoms with E-state index in [-0.39, 0.29) is 42.8 Å². The molecule has 3 aromatic carbocycles.